The molecule has 1 saturated heterocycles. The number of rotatable bonds is 4. The summed E-state index contributed by atoms with van der Waals surface area (Å²) in [4.78, 5) is 3.99. The smallest absolute Gasteiger partial charge is 0.131 e. The van der Waals surface area contributed by atoms with Gasteiger partial charge in [-0.15, -0.1) is 0 Å². The summed E-state index contributed by atoms with van der Waals surface area (Å²) in [5.74, 6) is 0. The molecule has 23 heavy (non-hydrogen) atoms. The summed E-state index contributed by atoms with van der Waals surface area (Å²) in [5.41, 5.74) is 2.18. The molecule has 0 aliphatic carbocycles. The Morgan fingerprint density at radius 2 is 1.83 bits per heavy atom. The zero-order chi connectivity index (χ0) is 16.3. The number of aromatic nitrogens is 1. The lowest BCUT2D eigenvalue weighted by Crippen LogP contribution is -2.46. The largest absolute Gasteiger partial charge is 0.381 e. The van der Waals surface area contributed by atoms with Crippen LogP contribution in [0.3, 0.4) is 0 Å². The fourth-order valence-electron chi connectivity index (χ4n) is 2.96. The first-order chi connectivity index (χ1) is 11.1. The highest BCUT2D eigenvalue weighted by Gasteiger charge is 2.34. The molecule has 0 atom stereocenters. The van der Waals surface area contributed by atoms with Gasteiger partial charge in [0.25, 0.3) is 0 Å². The van der Waals surface area contributed by atoms with Crippen molar-refractivity contribution in [1.29, 1.82) is 0 Å². The van der Waals surface area contributed by atoms with Crippen molar-refractivity contribution < 1.29 is 4.74 Å². The third kappa shape index (κ3) is 4.25. The van der Waals surface area contributed by atoms with Gasteiger partial charge in [-0.05, 0) is 48.2 Å². The highest BCUT2D eigenvalue weighted by Crippen LogP contribution is 2.34. The van der Waals surface area contributed by atoms with Crippen molar-refractivity contribution in [2.24, 2.45) is 0 Å². The third-order valence-electron chi connectivity index (χ3n) is 4.18. The van der Waals surface area contributed by atoms with Gasteiger partial charge in [0.05, 0.1) is 0 Å². The number of nitrogens with one attached hydrogen (secondary N) is 1. The molecule has 6 heteroatoms. The van der Waals surface area contributed by atoms with Crippen molar-refractivity contribution >= 4 is 39.1 Å². The SMILES string of the molecule is Clc1cc(CNC2(c3cccc(Br)c3)CCOCC2)cc(Cl)n1. The maximum atomic E-state index is 5.99. The summed E-state index contributed by atoms with van der Waals surface area (Å²) >= 11 is 15.6. The molecule has 0 saturated carbocycles. The van der Waals surface area contributed by atoms with Gasteiger partial charge in [0, 0.05) is 29.8 Å². The molecule has 0 unspecified atom stereocenters. The molecule has 1 aliphatic rings. The van der Waals surface area contributed by atoms with E-state index in [4.69, 9.17) is 27.9 Å². The number of nitrogens with zero attached hydrogens (tertiary/aromatic N) is 1. The second-order valence-electron chi connectivity index (χ2n) is 5.68. The van der Waals surface area contributed by atoms with Crippen molar-refractivity contribution in [3.05, 3.63) is 62.3 Å². The van der Waals surface area contributed by atoms with Crippen LogP contribution in [0, 0.1) is 0 Å². The molecule has 2 aromatic rings. The molecule has 1 N–H and O–H groups in total. The van der Waals surface area contributed by atoms with Crippen molar-refractivity contribution in [2.45, 2.75) is 24.9 Å². The Morgan fingerprint density at radius 1 is 1.13 bits per heavy atom. The van der Waals surface area contributed by atoms with Gasteiger partial charge in [0.1, 0.15) is 10.3 Å². The fraction of sp³-hybridized carbons (Fsp3) is 0.353. The lowest BCUT2D eigenvalue weighted by molar-refractivity contribution is 0.0357. The molecule has 1 fully saturated rings. The Bertz CT molecular complexity index is 670. The second-order valence-corrected chi connectivity index (χ2v) is 7.37. The predicted octanol–water partition coefficient (Wildman–Crippen LogP) is 4.95. The van der Waals surface area contributed by atoms with Gasteiger partial charge in [0.15, 0.2) is 0 Å². The van der Waals surface area contributed by atoms with Gasteiger partial charge < -0.3 is 10.1 Å². The van der Waals surface area contributed by atoms with E-state index in [-0.39, 0.29) is 5.54 Å². The van der Waals surface area contributed by atoms with Crippen LogP contribution in [0.4, 0.5) is 0 Å². The van der Waals surface area contributed by atoms with E-state index in [9.17, 15) is 0 Å². The summed E-state index contributed by atoms with van der Waals surface area (Å²) < 4.78 is 6.64. The quantitative estimate of drug-likeness (QED) is 0.717. The molecule has 1 aromatic heterocycles. The van der Waals surface area contributed by atoms with E-state index in [1.807, 2.05) is 18.2 Å². The summed E-state index contributed by atoms with van der Waals surface area (Å²) in [6, 6.07) is 12.1. The van der Waals surface area contributed by atoms with Gasteiger partial charge in [-0.1, -0.05) is 51.3 Å². The van der Waals surface area contributed by atoms with E-state index in [1.54, 1.807) is 0 Å². The molecule has 1 aliphatic heterocycles. The van der Waals surface area contributed by atoms with Crippen LogP contribution in [0.25, 0.3) is 0 Å². The first kappa shape index (κ1) is 17.2. The average molecular weight is 416 g/mol. The van der Waals surface area contributed by atoms with Gasteiger partial charge in [0.2, 0.25) is 0 Å². The monoisotopic (exact) mass is 414 g/mol. The van der Waals surface area contributed by atoms with Crippen molar-refractivity contribution in [1.82, 2.24) is 10.3 Å². The van der Waals surface area contributed by atoms with E-state index >= 15 is 0 Å². The Balaban J connectivity index is 1.84. The lowest BCUT2D eigenvalue weighted by Gasteiger charge is -2.39. The number of ether oxygens (including phenoxy) is 1. The number of halogens is 3. The Hall–Kier alpha value is -0.650. The van der Waals surface area contributed by atoms with Crippen LogP contribution in [-0.2, 0) is 16.8 Å². The zero-order valence-electron chi connectivity index (χ0n) is 12.5. The molecule has 0 bridgehead atoms. The molecule has 0 spiro atoms. The van der Waals surface area contributed by atoms with Crippen LogP contribution in [-0.4, -0.2) is 18.2 Å². The standard InChI is InChI=1S/C17H17BrCl2N2O/c18-14-3-1-2-13(10-14)17(4-6-23-7-5-17)21-11-12-8-15(19)22-16(20)9-12/h1-3,8-10,21H,4-7,11H2. The van der Waals surface area contributed by atoms with Gasteiger partial charge in [-0.2, -0.15) is 0 Å². The third-order valence-corrected chi connectivity index (χ3v) is 5.06. The maximum Gasteiger partial charge on any atom is 0.131 e. The van der Waals surface area contributed by atoms with E-state index in [0.717, 1.165) is 36.1 Å². The van der Waals surface area contributed by atoms with Gasteiger partial charge >= 0.3 is 0 Å². The van der Waals surface area contributed by atoms with E-state index < -0.39 is 0 Å². The Labute approximate surface area is 154 Å². The van der Waals surface area contributed by atoms with Crippen LogP contribution in [0.15, 0.2) is 40.9 Å². The lowest BCUT2D eigenvalue weighted by atomic mass is 9.82. The first-order valence-corrected chi connectivity index (χ1v) is 9.03. The normalized spacial score (nSPS) is 17.2. The summed E-state index contributed by atoms with van der Waals surface area (Å²) in [6.07, 6.45) is 1.85. The molecular weight excluding hydrogens is 399 g/mol. The minimum absolute atomic E-state index is 0.107. The maximum absolute atomic E-state index is 5.99. The van der Waals surface area contributed by atoms with Crippen LogP contribution in [0.1, 0.15) is 24.0 Å². The minimum atomic E-state index is -0.107. The van der Waals surface area contributed by atoms with Crippen molar-refractivity contribution in [2.75, 3.05) is 13.2 Å². The van der Waals surface area contributed by atoms with Crippen molar-refractivity contribution in [3.8, 4) is 0 Å². The first-order valence-electron chi connectivity index (χ1n) is 7.48. The number of pyridine rings is 1. The zero-order valence-corrected chi connectivity index (χ0v) is 15.6. The predicted molar refractivity (Wildman–Crippen MR) is 97.0 cm³/mol. The molecule has 1 aromatic carbocycles. The summed E-state index contributed by atoms with van der Waals surface area (Å²) in [7, 11) is 0. The van der Waals surface area contributed by atoms with Crippen molar-refractivity contribution in [3.63, 3.8) is 0 Å². The number of hydrogen-bond acceptors (Lipinski definition) is 3. The van der Waals surface area contributed by atoms with E-state index in [2.05, 4.69) is 44.4 Å². The molecule has 0 radical (unpaired) electrons. The summed E-state index contributed by atoms with van der Waals surface area (Å²) in [6.45, 7) is 2.17. The number of benzene rings is 1. The topological polar surface area (TPSA) is 34.1 Å². The van der Waals surface area contributed by atoms with Crippen LogP contribution in [0.2, 0.25) is 10.3 Å². The molecule has 3 rings (SSSR count). The average Bonchev–Trinajstić information content (AvgIpc) is 2.53. The highest BCUT2D eigenvalue weighted by molar-refractivity contribution is 9.10. The highest BCUT2D eigenvalue weighted by atomic mass is 79.9. The van der Waals surface area contributed by atoms with Gasteiger partial charge in [-0.3, -0.25) is 0 Å². The van der Waals surface area contributed by atoms with Crippen LogP contribution in [0.5, 0.6) is 0 Å². The minimum Gasteiger partial charge on any atom is -0.381 e. The van der Waals surface area contributed by atoms with E-state index in [0.29, 0.717) is 16.9 Å². The Morgan fingerprint density at radius 3 is 2.48 bits per heavy atom. The fourth-order valence-corrected chi connectivity index (χ4v) is 3.87. The number of hydrogen-bond donors (Lipinski definition) is 1. The molecular formula is C17H17BrCl2N2O. The molecule has 122 valence electrons. The van der Waals surface area contributed by atoms with E-state index in [1.165, 1.54) is 5.56 Å². The van der Waals surface area contributed by atoms with Crippen LogP contribution >= 0.6 is 39.1 Å². The second kappa shape index (κ2) is 7.49. The molecule has 2 heterocycles. The Kier molecular flexibility index (Phi) is 5.60. The molecule has 0 amide bonds. The summed E-state index contributed by atoms with van der Waals surface area (Å²) in [5, 5.41) is 4.53. The molecule has 3 nitrogen and oxygen atoms in total. The van der Waals surface area contributed by atoms with Gasteiger partial charge in [-0.25, -0.2) is 4.98 Å². The van der Waals surface area contributed by atoms with Crippen LogP contribution < -0.4 is 5.32 Å².